The molecular weight excluding hydrogens is 524 g/mol. The summed E-state index contributed by atoms with van der Waals surface area (Å²) in [6.45, 7) is 7.31. The summed E-state index contributed by atoms with van der Waals surface area (Å²) in [7, 11) is 0. The number of benzene rings is 1. The minimum Gasteiger partial charge on any atom is -0.434 e. The van der Waals surface area contributed by atoms with Crippen LogP contribution < -0.4 is 10.1 Å². The van der Waals surface area contributed by atoms with Crippen molar-refractivity contribution in [2.75, 3.05) is 25.0 Å². The van der Waals surface area contributed by atoms with E-state index in [9.17, 15) is 23.5 Å². The predicted octanol–water partition coefficient (Wildman–Crippen LogP) is 2.37. The molecule has 1 aromatic carbocycles. The lowest BCUT2D eigenvalue weighted by molar-refractivity contribution is -0.164. The van der Waals surface area contributed by atoms with E-state index in [0.29, 0.717) is 38.7 Å². The monoisotopic (exact) mass is 555 g/mol. The second-order valence-electron chi connectivity index (χ2n) is 10.8. The van der Waals surface area contributed by atoms with Crippen molar-refractivity contribution < 1.29 is 28.2 Å². The minimum atomic E-state index is -1.49. The normalized spacial score (nSPS) is 21.4. The third-order valence-electron chi connectivity index (χ3n) is 7.51. The number of carbonyl (C=O) groups is 2. The Kier molecular flexibility index (Phi) is 7.27. The van der Waals surface area contributed by atoms with Crippen LogP contribution in [0, 0.1) is 11.6 Å². The second kappa shape index (κ2) is 10.5. The zero-order valence-electron chi connectivity index (χ0n) is 22.5. The maximum atomic E-state index is 13.8. The number of fused-ring (bicyclic) bond motifs is 1. The van der Waals surface area contributed by atoms with Gasteiger partial charge in [-0.15, -0.1) is 0 Å². The number of aliphatic hydroxyl groups is 1. The average Bonchev–Trinajstić information content (AvgIpc) is 3.37. The molecule has 13 heteroatoms. The number of hydrogen-bond acceptors (Lipinski definition) is 8. The van der Waals surface area contributed by atoms with Crippen LogP contribution in [0.25, 0.3) is 0 Å². The minimum absolute atomic E-state index is 0.0248. The van der Waals surface area contributed by atoms with Crippen molar-refractivity contribution in [2.24, 2.45) is 0 Å². The standard InChI is InChI=1S/C27H31F2N7O4/c1-17(24(37)33-22-14-31-23(15-30-22)40-21-5-4-18(28)12-20(21)29)34-10-11-35(26(2,3)16-34)25(38)27(39)7-9-36-19(13-27)6-8-32-36/h4-6,8,12,14-15,17,39H,7,9-11,13,16H2,1-3H3,(H,30,33,37)/t17-,27-/m0/s1. The molecule has 4 heterocycles. The highest BCUT2D eigenvalue weighted by Crippen LogP contribution is 2.31. The van der Waals surface area contributed by atoms with Crippen molar-refractivity contribution >= 4 is 17.6 Å². The highest BCUT2D eigenvalue weighted by Gasteiger charge is 2.48. The first-order valence-electron chi connectivity index (χ1n) is 13.0. The molecule has 212 valence electrons. The van der Waals surface area contributed by atoms with Crippen LogP contribution in [0.4, 0.5) is 14.6 Å². The second-order valence-corrected chi connectivity index (χ2v) is 10.8. The topological polar surface area (TPSA) is 126 Å². The molecule has 11 nitrogen and oxygen atoms in total. The molecule has 0 radical (unpaired) electrons. The molecule has 1 saturated heterocycles. The highest BCUT2D eigenvalue weighted by molar-refractivity contribution is 5.93. The van der Waals surface area contributed by atoms with Crippen molar-refractivity contribution in [3.8, 4) is 11.6 Å². The third kappa shape index (κ3) is 5.52. The summed E-state index contributed by atoms with van der Waals surface area (Å²) in [5, 5.41) is 18.2. The molecule has 0 aliphatic carbocycles. The molecule has 3 aromatic rings. The molecule has 5 rings (SSSR count). The van der Waals surface area contributed by atoms with Gasteiger partial charge in [0.05, 0.1) is 24.0 Å². The maximum Gasteiger partial charge on any atom is 0.255 e. The Hall–Kier alpha value is -3.97. The first-order chi connectivity index (χ1) is 18.9. The van der Waals surface area contributed by atoms with Crippen LogP contribution in [0.5, 0.6) is 11.6 Å². The first kappa shape index (κ1) is 27.6. The van der Waals surface area contributed by atoms with Crippen molar-refractivity contribution in [1.29, 1.82) is 0 Å². The van der Waals surface area contributed by atoms with Gasteiger partial charge in [-0.1, -0.05) is 0 Å². The van der Waals surface area contributed by atoms with E-state index in [1.54, 1.807) is 22.7 Å². The van der Waals surface area contributed by atoms with Crippen molar-refractivity contribution in [1.82, 2.24) is 29.5 Å². The summed E-state index contributed by atoms with van der Waals surface area (Å²) < 4.78 is 34.0. The molecule has 1 fully saturated rings. The van der Waals surface area contributed by atoms with Gasteiger partial charge in [-0.2, -0.15) is 5.10 Å². The molecule has 2 aliphatic rings. The van der Waals surface area contributed by atoms with E-state index in [0.717, 1.165) is 17.8 Å². The zero-order valence-corrected chi connectivity index (χ0v) is 22.5. The van der Waals surface area contributed by atoms with E-state index in [1.807, 2.05) is 24.8 Å². The van der Waals surface area contributed by atoms with Crippen LogP contribution in [0.15, 0.2) is 42.9 Å². The Morgan fingerprint density at radius 1 is 1.12 bits per heavy atom. The molecule has 2 atom stereocenters. The van der Waals surface area contributed by atoms with Crippen molar-refractivity contribution in [3.05, 3.63) is 60.2 Å². The number of anilines is 1. The number of amides is 2. The number of nitrogens with zero attached hydrogens (tertiary/aromatic N) is 6. The Balaban J connectivity index is 1.18. The molecule has 0 bridgehead atoms. The van der Waals surface area contributed by atoms with Gasteiger partial charge in [-0.25, -0.2) is 18.7 Å². The smallest absolute Gasteiger partial charge is 0.255 e. The SMILES string of the molecule is C[C@@H](C(=O)Nc1cnc(Oc2ccc(F)cc2F)cn1)N1CCN(C(=O)[C@]2(O)CCn3nccc3C2)C(C)(C)C1. The molecule has 0 spiro atoms. The fourth-order valence-electron chi connectivity index (χ4n) is 5.22. The molecular formula is C27H31F2N7O4. The molecule has 40 heavy (non-hydrogen) atoms. The Morgan fingerprint density at radius 3 is 2.62 bits per heavy atom. The number of carbonyl (C=O) groups excluding carboxylic acids is 2. The average molecular weight is 556 g/mol. The van der Waals surface area contributed by atoms with E-state index >= 15 is 0 Å². The van der Waals surface area contributed by atoms with E-state index in [4.69, 9.17) is 4.74 Å². The van der Waals surface area contributed by atoms with Crippen molar-refractivity contribution in [3.63, 3.8) is 0 Å². The van der Waals surface area contributed by atoms with E-state index in [1.165, 1.54) is 12.4 Å². The van der Waals surface area contributed by atoms with E-state index < -0.39 is 28.8 Å². The summed E-state index contributed by atoms with van der Waals surface area (Å²) in [6, 6.07) is 4.17. The van der Waals surface area contributed by atoms with Crippen LogP contribution in [-0.4, -0.2) is 83.3 Å². The lowest BCUT2D eigenvalue weighted by Gasteiger charge is -2.50. The summed E-state index contributed by atoms with van der Waals surface area (Å²) in [5.41, 5.74) is -1.30. The van der Waals surface area contributed by atoms with Crippen LogP contribution in [0.1, 0.15) is 32.9 Å². The Bertz CT molecular complexity index is 1410. The summed E-state index contributed by atoms with van der Waals surface area (Å²) >= 11 is 0. The number of ether oxygens (including phenoxy) is 1. The lowest BCUT2D eigenvalue weighted by atomic mass is 9.86. The number of hydrogen-bond donors (Lipinski definition) is 2. The molecule has 2 aliphatic heterocycles. The van der Waals surface area contributed by atoms with E-state index in [2.05, 4.69) is 20.4 Å². The molecule has 2 aromatic heterocycles. The van der Waals surface area contributed by atoms with Gasteiger partial charge in [-0.05, 0) is 39.0 Å². The van der Waals surface area contributed by atoms with Crippen LogP contribution in [-0.2, 0) is 22.6 Å². The van der Waals surface area contributed by atoms with Gasteiger partial charge in [-0.3, -0.25) is 19.2 Å². The third-order valence-corrected chi connectivity index (χ3v) is 7.51. The predicted molar refractivity (Wildman–Crippen MR) is 139 cm³/mol. The number of nitrogens with one attached hydrogen (secondary N) is 1. The number of piperazine rings is 1. The molecule has 2 N–H and O–H groups in total. The zero-order chi connectivity index (χ0) is 28.7. The van der Waals surface area contributed by atoms with Gasteiger partial charge in [0.15, 0.2) is 23.0 Å². The maximum absolute atomic E-state index is 13.8. The largest absolute Gasteiger partial charge is 0.434 e. The number of rotatable bonds is 6. The van der Waals surface area contributed by atoms with Gasteiger partial charge in [0, 0.05) is 57.0 Å². The van der Waals surface area contributed by atoms with Crippen LogP contribution in [0.3, 0.4) is 0 Å². The Morgan fingerprint density at radius 2 is 1.93 bits per heavy atom. The fourth-order valence-corrected chi connectivity index (χ4v) is 5.22. The summed E-state index contributed by atoms with van der Waals surface area (Å²) in [6.07, 6.45) is 4.67. The summed E-state index contributed by atoms with van der Waals surface area (Å²) in [4.78, 5) is 38.4. The summed E-state index contributed by atoms with van der Waals surface area (Å²) in [5.74, 6) is -2.28. The lowest BCUT2D eigenvalue weighted by Crippen LogP contribution is -2.67. The quantitative estimate of drug-likeness (QED) is 0.475. The molecule has 0 saturated carbocycles. The first-order valence-corrected chi connectivity index (χ1v) is 13.0. The van der Waals surface area contributed by atoms with Gasteiger partial charge < -0.3 is 20.1 Å². The van der Waals surface area contributed by atoms with Gasteiger partial charge >= 0.3 is 0 Å². The van der Waals surface area contributed by atoms with Crippen molar-refractivity contribution in [2.45, 2.75) is 57.3 Å². The highest BCUT2D eigenvalue weighted by atomic mass is 19.1. The molecule has 2 amide bonds. The van der Waals surface area contributed by atoms with E-state index in [-0.39, 0.29) is 35.7 Å². The number of aryl methyl sites for hydroxylation is 1. The van der Waals surface area contributed by atoms with Gasteiger partial charge in [0.25, 0.3) is 5.91 Å². The number of aromatic nitrogens is 4. The molecule has 0 unspecified atom stereocenters. The Labute approximate surface area is 229 Å². The number of halogens is 2. The van der Waals surface area contributed by atoms with Gasteiger partial charge in [0.1, 0.15) is 5.82 Å². The van der Waals surface area contributed by atoms with Crippen LogP contribution >= 0.6 is 0 Å². The van der Waals surface area contributed by atoms with Crippen LogP contribution in [0.2, 0.25) is 0 Å². The fraction of sp³-hybridized carbons (Fsp3) is 0.444. The van der Waals surface area contributed by atoms with Gasteiger partial charge in [0.2, 0.25) is 11.8 Å².